The summed E-state index contributed by atoms with van der Waals surface area (Å²) in [6.07, 6.45) is 0. The zero-order chi connectivity index (χ0) is 10.6. The van der Waals surface area contributed by atoms with Crippen LogP contribution in [0.3, 0.4) is 0 Å². The summed E-state index contributed by atoms with van der Waals surface area (Å²) >= 11 is 0. The minimum atomic E-state index is -4.38. The maximum atomic E-state index is 9.35. The van der Waals surface area contributed by atoms with Gasteiger partial charge in [-0.25, -0.2) is 0 Å². The van der Waals surface area contributed by atoms with E-state index in [1.165, 1.54) is 0 Å². The number of hydrogen-bond acceptors (Lipinski definition) is 3. The minimum absolute atomic E-state index is 0.382. The Kier molecular flexibility index (Phi) is 19.9. The highest BCUT2D eigenvalue weighted by molar-refractivity contribution is 7.52. The van der Waals surface area contributed by atoms with E-state index in [9.17, 15) is 14.4 Å². The molecule has 0 saturated heterocycles. The summed E-state index contributed by atoms with van der Waals surface area (Å²) < 4.78 is 9.35. The molecule has 6 heteroatoms. The van der Waals surface area contributed by atoms with Crippen LogP contribution in [0.15, 0.2) is 12.4 Å². The van der Waals surface area contributed by atoms with E-state index in [0.29, 0.717) is 5.82 Å². The lowest BCUT2D eigenvalue weighted by Gasteiger charge is -2.23. The van der Waals surface area contributed by atoms with Gasteiger partial charge in [0.25, 0.3) is 0 Å². The van der Waals surface area contributed by atoms with Crippen LogP contribution in [0.25, 0.3) is 0 Å². The highest BCUT2D eigenvalue weighted by atomic mass is 31.2. The molecule has 0 aromatic rings. The van der Waals surface area contributed by atoms with E-state index < -0.39 is 7.60 Å². The topological polar surface area (TPSA) is 118 Å². The van der Waals surface area contributed by atoms with E-state index in [1.807, 2.05) is 13.8 Å². The van der Waals surface area contributed by atoms with Crippen LogP contribution in [0.4, 0.5) is 0 Å². The fraction of sp³-hybridized carbons (Fsp3) is 0.667. The second-order valence-electron chi connectivity index (χ2n) is 1.72. The largest absolute Gasteiger partial charge is 0.808 e. The molecular formula is C6H19N2O3P. The van der Waals surface area contributed by atoms with Crippen molar-refractivity contribution >= 4 is 7.60 Å². The van der Waals surface area contributed by atoms with Crippen LogP contribution >= 0.6 is 7.60 Å². The second kappa shape index (κ2) is 13.4. The van der Waals surface area contributed by atoms with Crippen molar-refractivity contribution in [2.24, 2.45) is 0 Å². The Morgan fingerprint density at radius 3 is 1.42 bits per heavy atom. The van der Waals surface area contributed by atoms with E-state index in [2.05, 4.69) is 18.0 Å². The molecule has 0 aromatic heterocycles. The van der Waals surface area contributed by atoms with Crippen LogP contribution in [0.1, 0.15) is 13.8 Å². The average molecular weight is 198 g/mol. The Morgan fingerprint density at radius 1 is 1.33 bits per heavy atom. The van der Waals surface area contributed by atoms with Gasteiger partial charge in [-0.3, -0.25) is 0 Å². The predicted octanol–water partition coefficient (Wildman–Crippen LogP) is -2.46. The van der Waals surface area contributed by atoms with Crippen molar-refractivity contribution in [2.45, 2.75) is 13.8 Å². The smallest absolute Gasteiger partial charge is 0.0711 e. The third-order valence-electron chi connectivity index (χ3n) is 0.224. The molecule has 0 rings (SSSR count). The molecule has 0 aliphatic heterocycles. The monoisotopic (exact) mass is 198 g/mol. The Labute approximate surface area is 73.6 Å². The molecule has 0 aliphatic carbocycles. The quantitative estimate of drug-likeness (QED) is 0.455. The zero-order valence-corrected chi connectivity index (χ0v) is 8.68. The highest BCUT2D eigenvalue weighted by Gasteiger charge is 1.69. The fourth-order valence-corrected chi connectivity index (χ4v) is 0. The first kappa shape index (κ1) is 17.8. The summed E-state index contributed by atoms with van der Waals surface area (Å²) in [4.78, 5) is 18.7. The first-order valence-electron chi connectivity index (χ1n) is 3.63. The summed E-state index contributed by atoms with van der Waals surface area (Å²) in [5, 5.41) is 0. The van der Waals surface area contributed by atoms with Crippen LogP contribution < -0.4 is 21.3 Å². The van der Waals surface area contributed by atoms with Gasteiger partial charge in [0.05, 0.1) is 13.1 Å². The van der Waals surface area contributed by atoms with Gasteiger partial charge in [0, 0.05) is 0 Å². The molecule has 0 radical (unpaired) electrons. The van der Waals surface area contributed by atoms with Crippen molar-refractivity contribution in [1.82, 2.24) is 0 Å². The van der Waals surface area contributed by atoms with Gasteiger partial charge in [-0.1, -0.05) is 12.4 Å². The lowest BCUT2D eigenvalue weighted by molar-refractivity contribution is -0.362. The molecule has 0 aromatic carbocycles. The SMILES string of the molecule is C=CP(=O)([O-])[O-].CC[NH3+].CC[NH3+]. The van der Waals surface area contributed by atoms with Gasteiger partial charge in [0.15, 0.2) is 0 Å². The van der Waals surface area contributed by atoms with Gasteiger partial charge in [-0.15, -0.1) is 0 Å². The summed E-state index contributed by atoms with van der Waals surface area (Å²) in [6.45, 7) is 8.77. The summed E-state index contributed by atoms with van der Waals surface area (Å²) in [7, 11) is -4.38. The molecule has 76 valence electrons. The van der Waals surface area contributed by atoms with Crippen LogP contribution in [-0.2, 0) is 4.57 Å². The van der Waals surface area contributed by atoms with Crippen LogP contribution in [0.2, 0.25) is 0 Å². The predicted molar refractivity (Wildman–Crippen MR) is 44.7 cm³/mol. The van der Waals surface area contributed by atoms with Crippen molar-refractivity contribution in [2.75, 3.05) is 13.1 Å². The summed E-state index contributed by atoms with van der Waals surface area (Å²) in [6, 6.07) is 0. The maximum absolute atomic E-state index is 9.35. The number of quaternary nitrogens is 2. The summed E-state index contributed by atoms with van der Waals surface area (Å²) in [5.41, 5.74) is 6.97. The van der Waals surface area contributed by atoms with Gasteiger partial charge < -0.3 is 25.8 Å². The van der Waals surface area contributed by atoms with Gasteiger partial charge in [-0.2, -0.15) is 0 Å². The van der Waals surface area contributed by atoms with E-state index in [-0.39, 0.29) is 0 Å². The van der Waals surface area contributed by atoms with Crippen molar-refractivity contribution in [1.29, 1.82) is 0 Å². The molecule has 0 spiro atoms. The second-order valence-corrected chi connectivity index (χ2v) is 3.17. The molecule has 12 heavy (non-hydrogen) atoms. The Balaban J connectivity index is -0.000000115. The molecule has 0 unspecified atom stereocenters. The molecule has 0 bridgehead atoms. The van der Waals surface area contributed by atoms with E-state index in [0.717, 1.165) is 13.1 Å². The van der Waals surface area contributed by atoms with Crippen LogP contribution in [0, 0.1) is 0 Å². The third kappa shape index (κ3) is 96.4. The molecule has 0 fully saturated rings. The van der Waals surface area contributed by atoms with Crippen molar-refractivity contribution in [3.05, 3.63) is 12.4 Å². The van der Waals surface area contributed by atoms with Gasteiger partial charge >= 0.3 is 0 Å². The fourth-order valence-electron chi connectivity index (χ4n) is 0. The van der Waals surface area contributed by atoms with Gasteiger partial charge in [0.2, 0.25) is 0 Å². The Bertz CT molecular complexity index is 122. The van der Waals surface area contributed by atoms with Crippen molar-refractivity contribution in [3.8, 4) is 0 Å². The number of hydrogen-bond donors (Lipinski definition) is 2. The molecule has 0 heterocycles. The normalized spacial score (nSPS) is 8.50. The van der Waals surface area contributed by atoms with Crippen LogP contribution in [0.5, 0.6) is 0 Å². The van der Waals surface area contributed by atoms with E-state index in [1.54, 1.807) is 0 Å². The Morgan fingerprint density at radius 2 is 1.42 bits per heavy atom. The maximum Gasteiger partial charge on any atom is 0.0711 e. The average Bonchev–Trinajstić information content (AvgIpc) is 1.90. The first-order valence-corrected chi connectivity index (χ1v) is 5.24. The molecule has 5 nitrogen and oxygen atoms in total. The molecule has 0 saturated carbocycles. The molecule has 0 amide bonds. The molecular weight excluding hydrogens is 179 g/mol. The van der Waals surface area contributed by atoms with E-state index >= 15 is 0 Å². The number of rotatable bonds is 1. The summed E-state index contributed by atoms with van der Waals surface area (Å²) in [5.74, 6) is 0.382. The lowest BCUT2D eigenvalue weighted by atomic mass is 10.8. The van der Waals surface area contributed by atoms with Crippen molar-refractivity contribution < 1.29 is 25.8 Å². The minimum Gasteiger partial charge on any atom is -0.808 e. The molecule has 6 N–H and O–H groups in total. The third-order valence-corrected chi connectivity index (χ3v) is 0.671. The first-order chi connectivity index (χ1) is 5.39. The molecule has 0 atom stereocenters. The van der Waals surface area contributed by atoms with Crippen LogP contribution in [-0.4, -0.2) is 13.1 Å². The van der Waals surface area contributed by atoms with E-state index in [4.69, 9.17) is 0 Å². The van der Waals surface area contributed by atoms with Gasteiger partial charge in [-0.05, 0) is 21.4 Å². The zero-order valence-electron chi connectivity index (χ0n) is 7.78. The molecule has 0 aliphatic rings. The lowest BCUT2D eigenvalue weighted by Crippen LogP contribution is -2.48. The Hall–Kier alpha value is -0.190. The van der Waals surface area contributed by atoms with Gasteiger partial charge in [0.1, 0.15) is 0 Å². The standard InChI is InChI=1S/2C2H7N.C2H5O3P/c2*1-2-3;1-2-6(3,4)5/h2*2-3H2,1H3;2H,1H2,(H2,3,4,5). The van der Waals surface area contributed by atoms with Crippen molar-refractivity contribution in [3.63, 3.8) is 0 Å². The highest BCUT2D eigenvalue weighted by Crippen LogP contribution is 2.22.